The van der Waals surface area contributed by atoms with Crippen molar-refractivity contribution in [2.45, 2.75) is 0 Å². The maximum Gasteiger partial charge on any atom is 0.344 e. The number of nitrogens with zero attached hydrogens (tertiary/aromatic N) is 1. The number of ether oxygens (including phenoxy) is 2. The van der Waals surface area contributed by atoms with Crippen LogP contribution in [0.25, 0.3) is 0 Å². The van der Waals surface area contributed by atoms with E-state index in [1.54, 1.807) is 72.8 Å². The predicted molar refractivity (Wildman–Crippen MR) is 123 cm³/mol. The van der Waals surface area contributed by atoms with Crippen LogP contribution in [0, 0.1) is 0 Å². The molecule has 8 nitrogen and oxygen atoms in total. The van der Waals surface area contributed by atoms with Crippen LogP contribution in [0.1, 0.15) is 15.9 Å². The minimum atomic E-state index is -0.928. The van der Waals surface area contributed by atoms with Crippen molar-refractivity contribution in [2.24, 2.45) is 5.10 Å². The van der Waals surface area contributed by atoms with E-state index in [2.05, 4.69) is 31.8 Å². The molecule has 0 atom stereocenters. The van der Waals surface area contributed by atoms with Gasteiger partial charge in [0.15, 0.2) is 0 Å². The third-order valence-corrected chi connectivity index (χ3v) is 4.79. The molecule has 0 aliphatic carbocycles. The maximum atomic E-state index is 12.2. The molecule has 0 aliphatic rings. The highest BCUT2D eigenvalue weighted by molar-refractivity contribution is 9.10. The van der Waals surface area contributed by atoms with Crippen molar-refractivity contribution in [1.29, 1.82) is 0 Å². The molecule has 3 aromatic carbocycles. The van der Waals surface area contributed by atoms with Crippen molar-refractivity contribution in [1.82, 2.24) is 5.43 Å². The van der Waals surface area contributed by atoms with Crippen LogP contribution in [0.2, 0.25) is 0 Å². The van der Waals surface area contributed by atoms with Gasteiger partial charge in [0, 0.05) is 16.2 Å². The molecule has 0 spiro atoms. The number of carbonyl (C=O) groups is 3. The Labute approximate surface area is 192 Å². The Morgan fingerprint density at radius 3 is 2.38 bits per heavy atom. The smallest absolute Gasteiger partial charge is 0.344 e. The molecule has 0 radical (unpaired) electrons. The molecule has 0 saturated heterocycles. The van der Waals surface area contributed by atoms with Gasteiger partial charge in [-0.25, -0.2) is 10.2 Å². The van der Waals surface area contributed by atoms with Crippen molar-refractivity contribution in [3.05, 3.63) is 88.4 Å². The Morgan fingerprint density at radius 1 is 0.906 bits per heavy atom. The fraction of sp³-hybridized carbons (Fsp3) is 0.0435. The molecule has 162 valence electrons. The van der Waals surface area contributed by atoms with Gasteiger partial charge < -0.3 is 14.8 Å². The van der Waals surface area contributed by atoms with E-state index in [9.17, 15) is 14.4 Å². The number of hydrogen-bond donors (Lipinski definition) is 2. The highest BCUT2D eigenvalue weighted by Crippen LogP contribution is 2.19. The van der Waals surface area contributed by atoms with Crippen molar-refractivity contribution >= 4 is 45.6 Å². The number of nitrogens with one attached hydrogen (secondary N) is 2. The van der Waals surface area contributed by atoms with Crippen molar-refractivity contribution in [3.63, 3.8) is 0 Å². The summed E-state index contributed by atoms with van der Waals surface area (Å²) < 4.78 is 11.0. The third-order valence-electron chi connectivity index (χ3n) is 4.10. The molecule has 2 N–H and O–H groups in total. The van der Waals surface area contributed by atoms with Crippen LogP contribution in [-0.4, -0.2) is 31.1 Å². The van der Waals surface area contributed by atoms with Crippen molar-refractivity contribution in [2.75, 3.05) is 12.4 Å². The van der Waals surface area contributed by atoms with Crippen LogP contribution >= 0.6 is 15.9 Å². The van der Waals surface area contributed by atoms with E-state index in [4.69, 9.17) is 9.47 Å². The standard InChI is InChI=1S/C23H18BrN3O5/c1-31-18-6-4-5-16(13-18)26-21(28)22(29)27-25-14-15-9-11-17(12-10-15)32-23(30)19-7-2-3-8-20(19)24/h2-14H,1H3,(H,26,28)(H,27,29)/b25-14+. The Kier molecular flexibility index (Phi) is 7.71. The van der Waals surface area contributed by atoms with Gasteiger partial charge in [-0.3, -0.25) is 9.59 Å². The van der Waals surface area contributed by atoms with Crippen molar-refractivity contribution < 1.29 is 23.9 Å². The monoisotopic (exact) mass is 495 g/mol. The molecule has 0 saturated carbocycles. The van der Waals surface area contributed by atoms with Gasteiger partial charge in [-0.1, -0.05) is 18.2 Å². The Balaban J connectivity index is 1.52. The Morgan fingerprint density at radius 2 is 1.66 bits per heavy atom. The highest BCUT2D eigenvalue weighted by atomic mass is 79.9. The van der Waals surface area contributed by atoms with Crippen LogP contribution in [0.4, 0.5) is 5.69 Å². The summed E-state index contributed by atoms with van der Waals surface area (Å²) in [6, 6.07) is 20.0. The first-order valence-corrected chi connectivity index (χ1v) is 10.1. The van der Waals surface area contributed by atoms with Gasteiger partial charge >= 0.3 is 17.8 Å². The van der Waals surface area contributed by atoms with E-state index in [0.717, 1.165) is 0 Å². The number of amides is 2. The number of esters is 1. The molecule has 0 heterocycles. The summed E-state index contributed by atoms with van der Waals surface area (Å²) in [5.41, 5.74) is 3.60. The molecule has 9 heteroatoms. The molecule has 0 aromatic heterocycles. The average molecular weight is 496 g/mol. The first-order chi connectivity index (χ1) is 15.5. The molecule has 3 aromatic rings. The van der Waals surface area contributed by atoms with E-state index in [-0.39, 0.29) is 0 Å². The van der Waals surface area contributed by atoms with Gasteiger partial charge in [0.2, 0.25) is 0 Å². The quantitative estimate of drug-likeness (QED) is 0.178. The number of carbonyl (C=O) groups excluding carboxylic acids is 3. The Bertz CT molecular complexity index is 1160. The highest BCUT2D eigenvalue weighted by Gasteiger charge is 2.13. The summed E-state index contributed by atoms with van der Waals surface area (Å²) >= 11 is 3.31. The van der Waals surface area contributed by atoms with Gasteiger partial charge in [0.25, 0.3) is 0 Å². The lowest BCUT2D eigenvalue weighted by Gasteiger charge is -2.06. The molecule has 0 unspecified atom stereocenters. The zero-order valence-electron chi connectivity index (χ0n) is 16.9. The fourth-order valence-corrected chi connectivity index (χ4v) is 2.96. The van der Waals surface area contributed by atoms with E-state index in [0.29, 0.717) is 32.8 Å². The number of methoxy groups -OCH3 is 1. The van der Waals surface area contributed by atoms with Crippen LogP contribution in [0.15, 0.2) is 82.4 Å². The number of rotatable bonds is 6. The topological polar surface area (TPSA) is 106 Å². The molecule has 3 rings (SSSR count). The largest absolute Gasteiger partial charge is 0.497 e. The van der Waals surface area contributed by atoms with E-state index >= 15 is 0 Å². The number of hydrazone groups is 1. The zero-order valence-corrected chi connectivity index (χ0v) is 18.5. The van der Waals surface area contributed by atoms with Gasteiger partial charge in [-0.05, 0) is 70.0 Å². The lowest BCUT2D eigenvalue weighted by molar-refractivity contribution is -0.136. The summed E-state index contributed by atoms with van der Waals surface area (Å²) in [6.07, 6.45) is 1.36. The number of anilines is 1. The first-order valence-electron chi connectivity index (χ1n) is 9.31. The Hall–Kier alpha value is -3.98. The molecule has 2 amide bonds. The van der Waals surface area contributed by atoms with Crippen LogP contribution < -0.4 is 20.2 Å². The minimum absolute atomic E-state index is 0.351. The molecule has 32 heavy (non-hydrogen) atoms. The van der Waals surface area contributed by atoms with E-state index < -0.39 is 17.8 Å². The molecule has 0 fully saturated rings. The molecule has 0 bridgehead atoms. The number of halogens is 1. The molecular weight excluding hydrogens is 478 g/mol. The fourth-order valence-electron chi connectivity index (χ4n) is 2.52. The summed E-state index contributed by atoms with van der Waals surface area (Å²) in [4.78, 5) is 36.1. The minimum Gasteiger partial charge on any atom is -0.497 e. The van der Waals surface area contributed by atoms with Crippen molar-refractivity contribution in [3.8, 4) is 11.5 Å². The molecular formula is C23H18BrN3O5. The van der Waals surface area contributed by atoms with Gasteiger partial charge in [-0.15, -0.1) is 0 Å². The van der Waals surface area contributed by atoms with Crippen LogP contribution in [0.3, 0.4) is 0 Å². The number of hydrogen-bond acceptors (Lipinski definition) is 6. The van der Waals surface area contributed by atoms with Crippen LogP contribution in [0.5, 0.6) is 11.5 Å². The molecule has 0 aliphatic heterocycles. The van der Waals surface area contributed by atoms with Crippen LogP contribution in [-0.2, 0) is 9.59 Å². The number of benzene rings is 3. The maximum absolute atomic E-state index is 12.2. The van der Waals surface area contributed by atoms with E-state index in [1.165, 1.54) is 13.3 Å². The SMILES string of the molecule is COc1cccc(NC(=O)C(=O)N/N=C/c2ccc(OC(=O)c3ccccc3Br)cc2)c1. The van der Waals surface area contributed by atoms with Gasteiger partial charge in [0.1, 0.15) is 11.5 Å². The summed E-state index contributed by atoms with van der Waals surface area (Å²) in [5.74, 6) is -1.39. The predicted octanol–water partition coefficient (Wildman–Crippen LogP) is 3.77. The summed E-state index contributed by atoms with van der Waals surface area (Å²) in [7, 11) is 1.50. The normalized spacial score (nSPS) is 10.4. The first kappa shape index (κ1) is 22.7. The lowest BCUT2D eigenvalue weighted by atomic mass is 10.2. The summed E-state index contributed by atoms with van der Waals surface area (Å²) in [6.45, 7) is 0. The average Bonchev–Trinajstić information content (AvgIpc) is 2.80. The van der Waals surface area contributed by atoms with Gasteiger partial charge in [-0.2, -0.15) is 5.10 Å². The second kappa shape index (κ2) is 10.9. The van der Waals surface area contributed by atoms with Gasteiger partial charge in [0.05, 0.1) is 18.9 Å². The summed E-state index contributed by atoms with van der Waals surface area (Å²) in [5, 5.41) is 6.22. The second-order valence-corrected chi connectivity index (χ2v) is 7.18. The third kappa shape index (κ3) is 6.26. The lowest BCUT2D eigenvalue weighted by Crippen LogP contribution is -2.32. The second-order valence-electron chi connectivity index (χ2n) is 6.32. The van der Waals surface area contributed by atoms with E-state index in [1.807, 2.05) is 0 Å². The zero-order chi connectivity index (χ0) is 22.9.